The first-order valence-corrected chi connectivity index (χ1v) is 11.2. The van der Waals surface area contributed by atoms with Crippen LogP contribution >= 0.6 is 0 Å². The summed E-state index contributed by atoms with van der Waals surface area (Å²) in [5.74, 6) is -0.110. The molecule has 0 aromatic carbocycles. The summed E-state index contributed by atoms with van der Waals surface area (Å²) in [7, 11) is 0. The Balaban J connectivity index is 3.12. The quantitative estimate of drug-likeness (QED) is 0.186. The lowest BCUT2D eigenvalue weighted by atomic mass is 10.1. The molecule has 27 heavy (non-hydrogen) atoms. The number of unbranched alkanes of at least 4 members (excludes halogenated alkanes) is 8. The summed E-state index contributed by atoms with van der Waals surface area (Å²) < 4.78 is 21.6. The Morgan fingerprint density at radius 3 is 1.59 bits per heavy atom. The van der Waals surface area contributed by atoms with Gasteiger partial charge in [-0.2, -0.15) is 0 Å². The van der Waals surface area contributed by atoms with Gasteiger partial charge in [-0.25, -0.2) is 0 Å². The molecule has 0 atom stereocenters. The molecule has 0 aliphatic rings. The van der Waals surface area contributed by atoms with Crippen LogP contribution < -0.4 is 0 Å². The van der Waals surface area contributed by atoms with E-state index in [1.54, 1.807) is 0 Å². The monoisotopic (exact) mass is 388 g/mol. The summed E-state index contributed by atoms with van der Waals surface area (Å²) in [6.07, 6.45) is 13.3. The number of hydrogen-bond donors (Lipinski definition) is 0. The van der Waals surface area contributed by atoms with Gasteiger partial charge in [-0.15, -0.1) is 0 Å². The minimum Gasteiger partial charge on any atom is -0.466 e. The Labute approximate surface area is 167 Å². The molecule has 0 spiro atoms. The summed E-state index contributed by atoms with van der Waals surface area (Å²) >= 11 is 0. The van der Waals surface area contributed by atoms with E-state index in [2.05, 4.69) is 13.8 Å². The second kappa shape index (κ2) is 23.4. The highest BCUT2D eigenvalue weighted by molar-refractivity contribution is 5.69. The predicted octanol–water partition coefficient (Wildman–Crippen LogP) is 5.30. The Kier molecular flexibility index (Phi) is 22.8. The fourth-order valence-electron chi connectivity index (χ4n) is 2.63. The highest BCUT2D eigenvalue weighted by Gasteiger charge is 2.02. The van der Waals surface area contributed by atoms with Crippen LogP contribution in [0.4, 0.5) is 0 Å². The van der Waals surface area contributed by atoms with Crippen LogP contribution in [0, 0.1) is 0 Å². The molecule has 0 aliphatic heterocycles. The van der Waals surface area contributed by atoms with Crippen LogP contribution in [-0.4, -0.2) is 52.2 Å². The summed E-state index contributed by atoms with van der Waals surface area (Å²) in [6.45, 7) is 8.75. The van der Waals surface area contributed by atoms with E-state index in [0.29, 0.717) is 52.5 Å². The maximum Gasteiger partial charge on any atom is 0.305 e. The molecule has 0 aliphatic carbocycles. The Hall–Kier alpha value is -0.650. The van der Waals surface area contributed by atoms with Crippen molar-refractivity contribution in [2.45, 2.75) is 90.9 Å². The van der Waals surface area contributed by atoms with E-state index in [1.165, 1.54) is 44.9 Å². The molecule has 0 saturated carbocycles. The fourth-order valence-corrected chi connectivity index (χ4v) is 2.63. The maximum atomic E-state index is 11.6. The standard InChI is InChI=1S/C22H44O5/c1-3-5-7-8-9-10-12-17-27-22(23)14-13-16-25-19-21-26-20-18-24-15-11-6-4-2/h3-21H2,1-2H3. The van der Waals surface area contributed by atoms with Crippen molar-refractivity contribution in [1.82, 2.24) is 0 Å². The van der Waals surface area contributed by atoms with E-state index in [9.17, 15) is 4.79 Å². The van der Waals surface area contributed by atoms with Gasteiger partial charge in [0.1, 0.15) is 0 Å². The Morgan fingerprint density at radius 1 is 0.519 bits per heavy atom. The van der Waals surface area contributed by atoms with Crippen LogP contribution in [0.2, 0.25) is 0 Å². The van der Waals surface area contributed by atoms with Gasteiger partial charge in [-0.1, -0.05) is 65.2 Å². The zero-order valence-electron chi connectivity index (χ0n) is 18.0. The molecule has 0 rings (SSSR count). The zero-order valence-corrected chi connectivity index (χ0v) is 18.0. The van der Waals surface area contributed by atoms with Crippen molar-refractivity contribution < 1.29 is 23.7 Å². The van der Waals surface area contributed by atoms with Crippen LogP contribution in [0.5, 0.6) is 0 Å². The van der Waals surface area contributed by atoms with Crippen molar-refractivity contribution in [2.24, 2.45) is 0 Å². The third-order valence-electron chi connectivity index (χ3n) is 4.32. The topological polar surface area (TPSA) is 54.0 Å². The van der Waals surface area contributed by atoms with E-state index >= 15 is 0 Å². The summed E-state index contributed by atoms with van der Waals surface area (Å²) in [5, 5.41) is 0. The van der Waals surface area contributed by atoms with Crippen LogP contribution in [0.15, 0.2) is 0 Å². The van der Waals surface area contributed by atoms with Crippen molar-refractivity contribution in [3.63, 3.8) is 0 Å². The smallest absolute Gasteiger partial charge is 0.305 e. The van der Waals surface area contributed by atoms with Gasteiger partial charge in [0.05, 0.1) is 33.0 Å². The number of carbonyl (C=O) groups is 1. The number of carbonyl (C=O) groups excluding carboxylic acids is 1. The number of hydrogen-bond acceptors (Lipinski definition) is 5. The van der Waals surface area contributed by atoms with Crippen molar-refractivity contribution in [3.8, 4) is 0 Å². The molecule has 0 fully saturated rings. The van der Waals surface area contributed by atoms with Crippen molar-refractivity contribution >= 4 is 5.97 Å². The van der Waals surface area contributed by atoms with Crippen molar-refractivity contribution in [2.75, 3.05) is 46.2 Å². The summed E-state index contributed by atoms with van der Waals surface area (Å²) in [4.78, 5) is 11.6. The van der Waals surface area contributed by atoms with E-state index in [0.717, 1.165) is 25.9 Å². The second-order valence-corrected chi connectivity index (χ2v) is 6.99. The lowest BCUT2D eigenvalue weighted by Gasteiger charge is -2.07. The maximum absolute atomic E-state index is 11.6. The minimum atomic E-state index is -0.110. The van der Waals surface area contributed by atoms with Gasteiger partial charge in [-0.05, 0) is 19.3 Å². The molecule has 0 aromatic rings. The molecule has 0 radical (unpaired) electrons. The van der Waals surface area contributed by atoms with Gasteiger partial charge in [-0.3, -0.25) is 4.79 Å². The van der Waals surface area contributed by atoms with Gasteiger partial charge < -0.3 is 18.9 Å². The van der Waals surface area contributed by atoms with Crippen molar-refractivity contribution in [3.05, 3.63) is 0 Å². The molecule has 0 bridgehead atoms. The Bertz CT molecular complexity index is 296. The van der Waals surface area contributed by atoms with E-state index in [4.69, 9.17) is 18.9 Å². The third-order valence-corrected chi connectivity index (χ3v) is 4.32. The summed E-state index contributed by atoms with van der Waals surface area (Å²) in [5.41, 5.74) is 0. The number of ether oxygens (including phenoxy) is 4. The van der Waals surface area contributed by atoms with Gasteiger partial charge in [0.2, 0.25) is 0 Å². The first kappa shape index (κ1) is 26.4. The predicted molar refractivity (Wildman–Crippen MR) is 110 cm³/mol. The molecule has 0 heterocycles. The third kappa shape index (κ3) is 23.3. The molecule has 5 heteroatoms. The zero-order chi connectivity index (χ0) is 19.8. The number of rotatable bonds is 22. The van der Waals surface area contributed by atoms with Gasteiger partial charge >= 0.3 is 5.97 Å². The van der Waals surface area contributed by atoms with Gasteiger partial charge in [0.25, 0.3) is 0 Å². The highest BCUT2D eigenvalue weighted by atomic mass is 16.5. The molecule has 162 valence electrons. The molecule has 0 unspecified atom stereocenters. The van der Waals surface area contributed by atoms with E-state index in [-0.39, 0.29) is 5.97 Å². The van der Waals surface area contributed by atoms with E-state index in [1.807, 2.05) is 0 Å². The molecule has 0 N–H and O–H groups in total. The van der Waals surface area contributed by atoms with Crippen LogP contribution in [-0.2, 0) is 23.7 Å². The average molecular weight is 389 g/mol. The second-order valence-electron chi connectivity index (χ2n) is 6.99. The highest BCUT2D eigenvalue weighted by Crippen LogP contribution is 2.07. The average Bonchev–Trinajstić information content (AvgIpc) is 2.67. The first-order valence-electron chi connectivity index (χ1n) is 11.2. The van der Waals surface area contributed by atoms with E-state index < -0.39 is 0 Å². The van der Waals surface area contributed by atoms with Crippen LogP contribution in [0.1, 0.15) is 90.9 Å². The molecular weight excluding hydrogens is 344 g/mol. The lowest BCUT2D eigenvalue weighted by Crippen LogP contribution is -2.11. The molecule has 0 aromatic heterocycles. The molecule has 0 amide bonds. The number of esters is 1. The largest absolute Gasteiger partial charge is 0.466 e. The Morgan fingerprint density at radius 2 is 0.963 bits per heavy atom. The van der Waals surface area contributed by atoms with Crippen LogP contribution in [0.3, 0.4) is 0 Å². The fraction of sp³-hybridized carbons (Fsp3) is 0.955. The summed E-state index contributed by atoms with van der Waals surface area (Å²) in [6, 6.07) is 0. The lowest BCUT2D eigenvalue weighted by molar-refractivity contribution is -0.144. The van der Waals surface area contributed by atoms with Crippen LogP contribution in [0.25, 0.3) is 0 Å². The first-order chi connectivity index (χ1) is 13.3. The van der Waals surface area contributed by atoms with Gasteiger partial charge in [0.15, 0.2) is 0 Å². The minimum absolute atomic E-state index is 0.110. The molecule has 5 nitrogen and oxygen atoms in total. The van der Waals surface area contributed by atoms with Crippen molar-refractivity contribution in [1.29, 1.82) is 0 Å². The normalized spacial score (nSPS) is 11.0. The molecule has 0 saturated heterocycles. The molecular formula is C22H44O5. The SMILES string of the molecule is CCCCCCCCCOC(=O)CCCOCCOCCOCCCCC. The van der Waals surface area contributed by atoms with Gasteiger partial charge in [0, 0.05) is 19.6 Å².